The lowest BCUT2D eigenvalue weighted by atomic mass is 10.0. The summed E-state index contributed by atoms with van der Waals surface area (Å²) >= 11 is 0. The number of carbonyl (C=O) groups is 2. The molecule has 0 aliphatic heterocycles. The van der Waals surface area contributed by atoms with Gasteiger partial charge in [-0.2, -0.15) is 0 Å². The van der Waals surface area contributed by atoms with Crippen LogP contribution in [0.4, 0.5) is 0 Å². The normalized spacial score (nSPS) is 12.9. The molecule has 0 aliphatic carbocycles. The lowest BCUT2D eigenvalue weighted by Crippen LogP contribution is -2.22. The number of Topliss-reactive ketones (excluding diaryl/α,β-unsaturated/α-hetero) is 1. The number of methoxy groups -OCH3 is 1. The van der Waals surface area contributed by atoms with Crippen LogP contribution in [0.3, 0.4) is 0 Å². The van der Waals surface area contributed by atoms with E-state index in [1.54, 1.807) is 12.2 Å². The fraction of sp³-hybridized carbons (Fsp3) is 0.556. The Labute approximate surface area is 72.4 Å². The SMILES string of the molecule is CC=CCC(C(C)=O)C(=O)OC. The Hall–Kier alpha value is -1.12. The molecule has 3 heteroatoms. The van der Waals surface area contributed by atoms with E-state index in [9.17, 15) is 9.59 Å². The number of ether oxygens (including phenoxy) is 1. The van der Waals surface area contributed by atoms with E-state index in [0.717, 1.165) is 0 Å². The molecule has 12 heavy (non-hydrogen) atoms. The van der Waals surface area contributed by atoms with E-state index in [0.29, 0.717) is 6.42 Å². The van der Waals surface area contributed by atoms with Crippen LogP contribution in [-0.4, -0.2) is 18.9 Å². The van der Waals surface area contributed by atoms with E-state index < -0.39 is 11.9 Å². The van der Waals surface area contributed by atoms with Crippen LogP contribution in [0.5, 0.6) is 0 Å². The molecule has 0 aromatic carbocycles. The van der Waals surface area contributed by atoms with Crippen LogP contribution in [0.1, 0.15) is 20.3 Å². The molecule has 68 valence electrons. The number of ketones is 1. The van der Waals surface area contributed by atoms with E-state index in [1.807, 2.05) is 6.92 Å². The van der Waals surface area contributed by atoms with Crippen molar-refractivity contribution in [3.05, 3.63) is 12.2 Å². The Morgan fingerprint density at radius 1 is 1.50 bits per heavy atom. The molecule has 0 amide bonds. The zero-order valence-electron chi connectivity index (χ0n) is 7.66. The van der Waals surface area contributed by atoms with Gasteiger partial charge < -0.3 is 4.74 Å². The minimum absolute atomic E-state index is 0.153. The van der Waals surface area contributed by atoms with Gasteiger partial charge in [-0.25, -0.2) is 0 Å². The first-order valence-corrected chi connectivity index (χ1v) is 3.83. The Morgan fingerprint density at radius 3 is 2.42 bits per heavy atom. The van der Waals surface area contributed by atoms with Crippen molar-refractivity contribution in [1.29, 1.82) is 0 Å². The van der Waals surface area contributed by atoms with Gasteiger partial charge >= 0.3 is 5.97 Å². The van der Waals surface area contributed by atoms with Gasteiger partial charge in [-0.15, -0.1) is 0 Å². The van der Waals surface area contributed by atoms with Crippen molar-refractivity contribution in [3.8, 4) is 0 Å². The van der Waals surface area contributed by atoms with E-state index in [-0.39, 0.29) is 5.78 Å². The third-order valence-corrected chi connectivity index (χ3v) is 1.58. The molecule has 1 atom stereocenters. The number of allylic oxidation sites excluding steroid dienone is 2. The van der Waals surface area contributed by atoms with Gasteiger partial charge in [0.2, 0.25) is 0 Å². The van der Waals surface area contributed by atoms with Crippen molar-refractivity contribution in [2.24, 2.45) is 5.92 Å². The smallest absolute Gasteiger partial charge is 0.316 e. The van der Waals surface area contributed by atoms with Gasteiger partial charge in [0.1, 0.15) is 11.7 Å². The summed E-state index contributed by atoms with van der Waals surface area (Å²) in [6.45, 7) is 3.24. The highest BCUT2D eigenvalue weighted by Crippen LogP contribution is 2.07. The van der Waals surface area contributed by atoms with E-state index in [1.165, 1.54) is 14.0 Å². The van der Waals surface area contributed by atoms with Crippen molar-refractivity contribution in [2.45, 2.75) is 20.3 Å². The molecule has 0 saturated carbocycles. The van der Waals surface area contributed by atoms with Gasteiger partial charge in [-0.05, 0) is 20.3 Å². The summed E-state index contributed by atoms with van der Waals surface area (Å²) in [5, 5.41) is 0. The monoisotopic (exact) mass is 170 g/mol. The molecular weight excluding hydrogens is 156 g/mol. The van der Waals surface area contributed by atoms with Crippen molar-refractivity contribution < 1.29 is 14.3 Å². The third kappa shape index (κ3) is 3.32. The molecule has 0 fully saturated rings. The number of esters is 1. The summed E-state index contributed by atoms with van der Waals surface area (Å²) in [6, 6.07) is 0. The Balaban J connectivity index is 4.23. The van der Waals surface area contributed by atoms with Crippen molar-refractivity contribution >= 4 is 11.8 Å². The van der Waals surface area contributed by atoms with Gasteiger partial charge in [-0.3, -0.25) is 9.59 Å². The summed E-state index contributed by atoms with van der Waals surface area (Å²) in [7, 11) is 1.29. The number of hydrogen-bond acceptors (Lipinski definition) is 3. The predicted molar refractivity (Wildman–Crippen MR) is 45.6 cm³/mol. The van der Waals surface area contributed by atoms with Crippen LogP contribution >= 0.6 is 0 Å². The minimum Gasteiger partial charge on any atom is -0.468 e. The van der Waals surface area contributed by atoms with Crippen molar-refractivity contribution in [1.82, 2.24) is 0 Å². The maximum atomic E-state index is 11.0. The third-order valence-electron chi connectivity index (χ3n) is 1.58. The van der Waals surface area contributed by atoms with Gasteiger partial charge in [0, 0.05) is 0 Å². The molecule has 0 N–H and O–H groups in total. The fourth-order valence-corrected chi connectivity index (χ4v) is 0.843. The highest BCUT2D eigenvalue weighted by Gasteiger charge is 2.21. The predicted octanol–water partition coefficient (Wildman–Crippen LogP) is 1.33. The average molecular weight is 170 g/mol. The van der Waals surface area contributed by atoms with Crippen LogP contribution in [0.15, 0.2) is 12.2 Å². The highest BCUT2D eigenvalue weighted by atomic mass is 16.5. The van der Waals surface area contributed by atoms with Gasteiger partial charge in [0.05, 0.1) is 7.11 Å². The highest BCUT2D eigenvalue weighted by molar-refractivity contribution is 5.97. The van der Waals surface area contributed by atoms with Crippen LogP contribution < -0.4 is 0 Å². The molecule has 0 saturated heterocycles. The first-order valence-electron chi connectivity index (χ1n) is 3.83. The fourth-order valence-electron chi connectivity index (χ4n) is 0.843. The quantitative estimate of drug-likeness (QED) is 0.363. The molecule has 0 aliphatic rings. The zero-order chi connectivity index (χ0) is 9.56. The van der Waals surface area contributed by atoms with Crippen molar-refractivity contribution in [3.63, 3.8) is 0 Å². The summed E-state index contributed by atoms with van der Waals surface area (Å²) in [5.41, 5.74) is 0. The number of rotatable bonds is 4. The molecule has 0 heterocycles. The molecule has 0 spiro atoms. The topological polar surface area (TPSA) is 43.4 Å². The maximum absolute atomic E-state index is 11.0. The molecule has 3 nitrogen and oxygen atoms in total. The molecule has 0 aromatic rings. The van der Waals surface area contributed by atoms with Crippen molar-refractivity contribution in [2.75, 3.05) is 7.11 Å². The second-order valence-electron chi connectivity index (χ2n) is 2.49. The van der Waals surface area contributed by atoms with Crippen LogP contribution in [0, 0.1) is 5.92 Å². The largest absolute Gasteiger partial charge is 0.468 e. The molecular formula is C9H14O3. The first kappa shape index (κ1) is 10.9. The lowest BCUT2D eigenvalue weighted by Gasteiger charge is -2.07. The van der Waals surface area contributed by atoms with Crippen LogP contribution in [0.25, 0.3) is 0 Å². The Morgan fingerprint density at radius 2 is 2.08 bits per heavy atom. The molecule has 0 aromatic heterocycles. The van der Waals surface area contributed by atoms with E-state index in [4.69, 9.17) is 0 Å². The standard InChI is InChI=1S/C9H14O3/c1-4-5-6-8(7(2)10)9(11)12-3/h4-5,8H,6H2,1-3H3. The first-order chi connectivity index (χ1) is 5.63. The number of hydrogen-bond donors (Lipinski definition) is 0. The van der Waals surface area contributed by atoms with Gasteiger partial charge in [-0.1, -0.05) is 12.2 Å². The summed E-state index contributed by atoms with van der Waals surface area (Å²) in [6.07, 6.45) is 4.01. The second-order valence-corrected chi connectivity index (χ2v) is 2.49. The molecule has 1 unspecified atom stereocenters. The lowest BCUT2D eigenvalue weighted by molar-refractivity contribution is -0.148. The zero-order valence-corrected chi connectivity index (χ0v) is 7.66. The maximum Gasteiger partial charge on any atom is 0.316 e. The molecule has 0 bridgehead atoms. The Kier molecular flexibility index (Phi) is 5.00. The Bertz CT molecular complexity index is 194. The average Bonchev–Trinajstić information content (AvgIpc) is 2.04. The summed E-state index contributed by atoms with van der Waals surface area (Å²) in [4.78, 5) is 21.9. The van der Waals surface area contributed by atoms with Gasteiger partial charge in [0.25, 0.3) is 0 Å². The summed E-state index contributed by atoms with van der Waals surface area (Å²) < 4.78 is 4.48. The van der Waals surface area contributed by atoms with Crippen LogP contribution in [0.2, 0.25) is 0 Å². The van der Waals surface area contributed by atoms with E-state index in [2.05, 4.69) is 4.74 Å². The van der Waals surface area contributed by atoms with E-state index >= 15 is 0 Å². The second kappa shape index (κ2) is 5.52. The molecule has 0 rings (SSSR count). The minimum atomic E-state index is -0.633. The number of carbonyl (C=O) groups excluding carboxylic acids is 2. The van der Waals surface area contributed by atoms with Gasteiger partial charge in [0.15, 0.2) is 0 Å². The van der Waals surface area contributed by atoms with Crippen LogP contribution in [-0.2, 0) is 14.3 Å². The summed E-state index contributed by atoms with van der Waals surface area (Å²) in [5.74, 6) is -1.24. The molecule has 0 radical (unpaired) electrons.